The van der Waals surface area contributed by atoms with E-state index in [1.54, 1.807) is 0 Å². The fourth-order valence-electron chi connectivity index (χ4n) is 1.15. The maximum absolute atomic E-state index is 5.14. The molecule has 0 amide bonds. The van der Waals surface area contributed by atoms with E-state index in [9.17, 15) is 0 Å². The SMILES string of the molecule is CC1(c2ncc(I)[nH]2)COC1. The van der Waals surface area contributed by atoms with E-state index in [4.69, 9.17) is 4.74 Å². The topological polar surface area (TPSA) is 37.9 Å². The Morgan fingerprint density at radius 3 is 2.82 bits per heavy atom. The van der Waals surface area contributed by atoms with Gasteiger partial charge in [-0.2, -0.15) is 0 Å². The Bertz CT molecular complexity index is 267. The fraction of sp³-hybridized carbons (Fsp3) is 0.571. The van der Waals surface area contributed by atoms with Crippen LogP contribution >= 0.6 is 22.6 Å². The molecular weight excluding hydrogens is 255 g/mol. The first-order valence-corrected chi connectivity index (χ1v) is 4.57. The molecule has 3 nitrogen and oxygen atoms in total. The third-order valence-corrected chi connectivity index (χ3v) is 2.51. The quantitative estimate of drug-likeness (QED) is 0.776. The molecule has 0 aliphatic carbocycles. The normalized spacial score (nSPS) is 21.3. The molecule has 1 aliphatic rings. The van der Waals surface area contributed by atoms with E-state index in [1.807, 2.05) is 6.20 Å². The van der Waals surface area contributed by atoms with Gasteiger partial charge in [0.1, 0.15) is 5.82 Å². The number of H-pyrrole nitrogens is 1. The summed E-state index contributed by atoms with van der Waals surface area (Å²) in [4.78, 5) is 7.48. The van der Waals surface area contributed by atoms with Gasteiger partial charge in [-0.3, -0.25) is 0 Å². The van der Waals surface area contributed by atoms with E-state index in [0.29, 0.717) is 0 Å². The highest BCUT2D eigenvalue weighted by atomic mass is 127. The highest BCUT2D eigenvalue weighted by molar-refractivity contribution is 14.1. The van der Waals surface area contributed by atoms with Crippen LogP contribution in [0.3, 0.4) is 0 Å². The van der Waals surface area contributed by atoms with E-state index in [1.165, 1.54) is 0 Å². The molecule has 0 atom stereocenters. The van der Waals surface area contributed by atoms with E-state index >= 15 is 0 Å². The van der Waals surface area contributed by atoms with E-state index in [-0.39, 0.29) is 5.41 Å². The van der Waals surface area contributed by atoms with E-state index in [2.05, 4.69) is 39.5 Å². The Labute approximate surface area is 78.7 Å². The summed E-state index contributed by atoms with van der Waals surface area (Å²) in [5.74, 6) is 1.05. The van der Waals surface area contributed by atoms with Crippen molar-refractivity contribution in [1.29, 1.82) is 0 Å². The molecule has 0 aromatic carbocycles. The van der Waals surface area contributed by atoms with Crippen LogP contribution < -0.4 is 0 Å². The molecule has 0 spiro atoms. The maximum Gasteiger partial charge on any atom is 0.117 e. The van der Waals surface area contributed by atoms with Crippen LogP contribution in [0.4, 0.5) is 0 Å². The van der Waals surface area contributed by atoms with Gasteiger partial charge in [0, 0.05) is 0 Å². The van der Waals surface area contributed by atoms with Gasteiger partial charge in [-0.1, -0.05) is 0 Å². The highest BCUT2D eigenvalue weighted by Gasteiger charge is 2.37. The monoisotopic (exact) mass is 264 g/mol. The van der Waals surface area contributed by atoms with E-state index < -0.39 is 0 Å². The van der Waals surface area contributed by atoms with Gasteiger partial charge in [0.05, 0.1) is 28.5 Å². The van der Waals surface area contributed by atoms with Crippen LogP contribution in [0.2, 0.25) is 0 Å². The molecule has 1 aromatic rings. The number of nitrogens with one attached hydrogen (secondary N) is 1. The summed E-state index contributed by atoms with van der Waals surface area (Å²) < 4.78 is 6.23. The van der Waals surface area contributed by atoms with Crippen molar-refractivity contribution in [2.75, 3.05) is 13.2 Å². The van der Waals surface area contributed by atoms with Crippen LogP contribution in [-0.2, 0) is 10.2 Å². The fourth-order valence-corrected chi connectivity index (χ4v) is 1.55. The molecule has 1 fully saturated rings. The molecular formula is C7H9IN2O. The minimum atomic E-state index is 0.142. The lowest BCUT2D eigenvalue weighted by atomic mass is 9.88. The summed E-state index contributed by atoms with van der Waals surface area (Å²) >= 11 is 2.22. The van der Waals surface area contributed by atoms with Crippen LogP contribution in [0.15, 0.2) is 6.20 Å². The zero-order valence-electron chi connectivity index (χ0n) is 6.22. The number of imidazole rings is 1. The van der Waals surface area contributed by atoms with Crippen molar-refractivity contribution in [3.8, 4) is 0 Å². The Morgan fingerprint density at radius 2 is 2.45 bits per heavy atom. The summed E-state index contributed by atoms with van der Waals surface area (Å²) in [6.45, 7) is 3.73. The minimum Gasteiger partial charge on any atom is -0.379 e. The van der Waals surface area contributed by atoms with Crippen LogP contribution in [0.5, 0.6) is 0 Å². The molecule has 1 saturated heterocycles. The van der Waals surface area contributed by atoms with Crippen molar-refractivity contribution in [2.24, 2.45) is 0 Å². The zero-order chi connectivity index (χ0) is 7.90. The van der Waals surface area contributed by atoms with Crippen molar-refractivity contribution in [3.05, 3.63) is 15.7 Å². The van der Waals surface area contributed by atoms with Gasteiger partial charge in [0.25, 0.3) is 0 Å². The van der Waals surface area contributed by atoms with Gasteiger partial charge in [-0.05, 0) is 29.5 Å². The van der Waals surface area contributed by atoms with Crippen LogP contribution in [0, 0.1) is 3.70 Å². The minimum absolute atomic E-state index is 0.142. The summed E-state index contributed by atoms with van der Waals surface area (Å²) in [6.07, 6.45) is 1.85. The van der Waals surface area contributed by atoms with Gasteiger partial charge in [0.15, 0.2) is 0 Å². The number of hydrogen-bond acceptors (Lipinski definition) is 2. The molecule has 1 aromatic heterocycles. The van der Waals surface area contributed by atoms with Gasteiger partial charge in [-0.25, -0.2) is 4.98 Å². The first-order valence-electron chi connectivity index (χ1n) is 3.49. The molecule has 1 aliphatic heterocycles. The van der Waals surface area contributed by atoms with Crippen molar-refractivity contribution in [3.63, 3.8) is 0 Å². The van der Waals surface area contributed by atoms with Crippen molar-refractivity contribution in [1.82, 2.24) is 9.97 Å². The predicted octanol–water partition coefficient (Wildman–Crippen LogP) is 1.30. The van der Waals surface area contributed by atoms with Crippen molar-refractivity contribution in [2.45, 2.75) is 12.3 Å². The number of rotatable bonds is 1. The smallest absolute Gasteiger partial charge is 0.117 e. The first-order chi connectivity index (χ1) is 5.21. The average molecular weight is 264 g/mol. The Balaban J connectivity index is 2.28. The van der Waals surface area contributed by atoms with Gasteiger partial charge < -0.3 is 9.72 Å². The lowest BCUT2D eigenvalue weighted by Gasteiger charge is -2.35. The average Bonchev–Trinajstić information content (AvgIpc) is 2.31. The summed E-state index contributed by atoms with van der Waals surface area (Å²) in [6, 6.07) is 0. The third-order valence-electron chi connectivity index (χ3n) is 1.96. The lowest BCUT2D eigenvalue weighted by Crippen LogP contribution is -2.44. The Hall–Kier alpha value is -0.100. The molecule has 0 unspecified atom stereocenters. The second-order valence-electron chi connectivity index (χ2n) is 3.13. The second kappa shape index (κ2) is 2.45. The number of ether oxygens (including phenoxy) is 1. The Morgan fingerprint density at radius 1 is 1.73 bits per heavy atom. The summed E-state index contributed by atoms with van der Waals surface area (Å²) in [7, 11) is 0. The zero-order valence-corrected chi connectivity index (χ0v) is 8.38. The van der Waals surface area contributed by atoms with E-state index in [0.717, 1.165) is 22.7 Å². The number of aromatic amines is 1. The van der Waals surface area contributed by atoms with Gasteiger partial charge in [0.2, 0.25) is 0 Å². The molecule has 2 heterocycles. The van der Waals surface area contributed by atoms with Gasteiger partial charge in [-0.15, -0.1) is 0 Å². The lowest BCUT2D eigenvalue weighted by molar-refractivity contribution is -0.0540. The second-order valence-corrected chi connectivity index (χ2v) is 4.30. The number of hydrogen-bond donors (Lipinski definition) is 1. The van der Waals surface area contributed by atoms with Crippen LogP contribution in [0.1, 0.15) is 12.7 Å². The first kappa shape index (κ1) is 7.54. The van der Waals surface area contributed by atoms with Crippen molar-refractivity contribution < 1.29 is 4.74 Å². The van der Waals surface area contributed by atoms with Crippen LogP contribution in [0.25, 0.3) is 0 Å². The molecule has 0 radical (unpaired) electrons. The third kappa shape index (κ3) is 1.18. The molecule has 2 rings (SSSR count). The molecule has 60 valence electrons. The Kier molecular flexibility index (Phi) is 1.68. The van der Waals surface area contributed by atoms with Crippen molar-refractivity contribution >= 4 is 22.6 Å². The molecule has 4 heteroatoms. The van der Waals surface area contributed by atoms with Gasteiger partial charge >= 0.3 is 0 Å². The summed E-state index contributed by atoms with van der Waals surface area (Å²) in [5, 5.41) is 0. The highest BCUT2D eigenvalue weighted by Crippen LogP contribution is 2.29. The largest absolute Gasteiger partial charge is 0.379 e. The molecule has 0 saturated carbocycles. The molecule has 0 bridgehead atoms. The van der Waals surface area contributed by atoms with Crippen LogP contribution in [-0.4, -0.2) is 23.2 Å². The predicted molar refractivity (Wildman–Crippen MR) is 49.5 cm³/mol. The number of aromatic nitrogens is 2. The number of halogens is 1. The molecule has 1 N–H and O–H groups in total. The summed E-state index contributed by atoms with van der Waals surface area (Å²) in [5.41, 5.74) is 0.142. The maximum atomic E-state index is 5.14. The molecule has 11 heavy (non-hydrogen) atoms. The standard InChI is InChI=1S/C7H9IN2O/c1-7(3-11-4-7)6-9-2-5(8)10-6/h2H,3-4H2,1H3,(H,9,10). The number of nitrogens with zero attached hydrogens (tertiary/aromatic N) is 1.